The molecule has 0 spiro atoms. The fourth-order valence-corrected chi connectivity index (χ4v) is 1.16. The number of ketones is 1. The highest BCUT2D eigenvalue weighted by atomic mass is 32.1. The number of Topliss-reactive ketones (excluding diaryl/α,β-unsaturated/α-hetero) is 1. The molecule has 1 N–H and O–H groups in total. The maximum atomic E-state index is 10.8. The highest BCUT2D eigenvalue weighted by molar-refractivity contribution is 7.80. The molecule has 0 heterocycles. The van der Waals surface area contributed by atoms with Crippen molar-refractivity contribution >= 4 is 18.4 Å². The lowest BCUT2D eigenvalue weighted by Gasteiger charge is -2.10. The highest BCUT2D eigenvalue weighted by Gasteiger charge is 2.10. The molecule has 1 atom stereocenters. The minimum Gasteiger partial charge on any atom is -0.319 e. The Bertz CT molecular complexity index is 99.8. The molecule has 0 aromatic carbocycles. The number of hydrogen-bond donors (Lipinski definition) is 2. The summed E-state index contributed by atoms with van der Waals surface area (Å²) in [7, 11) is 1.86. The molecular weight excluding hydrogens is 146 g/mol. The van der Waals surface area contributed by atoms with E-state index in [0.717, 1.165) is 18.7 Å². The van der Waals surface area contributed by atoms with E-state index in [0.29, 0.717) is 0 Å². The molecule has 2 nitrogen and oxygen atoms in total. The van der Waals surface area contributed by atoms with Crippen molar-refractivity contribution in [2.45, 2.75) is 13.3 Å². The standard InChI is InChI=1S/C7H15NOS/c1-6(9)7(3-4-10)5-8-2/h7-8,10H,3-5H2,1-2H3. The lowest BCUT2D eigenvalue weighted by molar-refractivity contribution is -0.120. The maximum absolute atomic E-state index is 10.8. The van der Waals surface area contributed by atoms with Gasteiger partial charge in [0.2, 0.25) is 0 Å². The first-order chi connectivity index (χ1) is 4.72. The van der Waals surface area contributed by atoms with Crippen LogP contribution in [-0.4, -0.2) is 25.1 Å². The molecule has 0 amide bonds. The number of rotatable bonds is 5. The molecule has 0 rings (SSSR count). The monoisotopic (exact) mass is 161 g/mol. The van der Waals surface area contributed by atoms with Gasteiger partial charge in [-0.25, -0.2) is 0 Å². The van der Waals surface area contributed by atoms with Crippen molar-refractivity contribution in [1.29, 1.82) is 0 Å². The maximum Gasteiger partial charge on any atom is 0.134 e. The van der Waals surface area contributed by atoms with Gasteiger partial charge in [-0.3, -0.25) is 4.79 Å². The summed E-state index contributed by atoms with van der Waals surface area (Å²) in [4.78, 5) is 10.8. The third kappa shape index (κ3) is 3.90. The van der Waals surface area contributed by atoms with Gasteiger partial charge in [0.25, 0.3) is 0 Å². The minimum absolute atomic E-state index is 0.155. The summed E-state index contributed by atoms with van der Waals surface area (Å²) in [5.41, 5.74) is 0. The third-order valence-corrected chi connectivity index (χ3v) is 1.76. The van der Waals surface area contributed by atoms with Crippen LogP contribution in [0.25, 0.3) is 0 Å². The number of thiol groups is 1. The molecule has 0 bridgehead atoms. The quantitative estimate of drug-likeness (QED) is 0.582. The SMILES string of the molecule is CNCC(CCS)C(C)=O. The molecule has 0 aliphatic carbocycles. The Labute approximate surface area is 67.8 Å². The van der Waals surface area contributed by atoms with E-state index >= 15 is 0 Å². The number of carbonyl (C=O) groups is 1. The first kappa shape index (κ1) is 9.98. The average molecular weight is 161 g/mol. The molecule has 0 radical (unpaired) electrons. The first-order valence-corrected chi connectivity index (χ1v) is 4.11. The molecule has 60 valence electrons. The molecule has 0 aromatic rings. The van der Waals surface area contributed by atoms with Crippen LogP contribution in [0.2, 0.25) is 0 Å². The van der Waals surface area contributed by atoms with Crippen molar-refractivity contribution in [3.05, 3.63) is 0 Å². The molecule has 0 aliphatic rings. The Morgan fingerprint density at radius 3 is 2.60 bits per heavy atom. The second kappa shape index (κ2) is 5.74. The van der Waals surface area contributed by atoms with Gasteiger partial charge in [0, 0.05) is 12.5 Å². The second-order valence-electron chi connectivity index (χ2n) is 2.38. The number of carbonyl (C=O) groups excluding carboxylic acids is 1. The van der Waals surface area contributed by atoms with Crippen molar-refractivity contribution in [3.63, 3.8) is 0 Å². The van der Waals surface area contributed by atoms with E-state index in [1.165, 1.54) is 0 Å². The molecule has 10 heavy (non-hydrogen) atoms. The summed E-state index contributed by atoms with van der Waals surface area (Å²) in [6.07, 6.45) is 0.874. The van der Waals surface area contributed by atoms with Gasteiger partial charge in [0.15, 0.2) is 0 Å². The first-order valence-electron chi connectivity index (χ1n) is 3.48. The van der Waals surface area contributed by atoms with Gasteiger partial charge in [-0.1, -0.05) is 0 Å². The zero-order valence-electron chi connectivity index (χ0n) is 6.55. The predicted molar refractivity (Wildman–Crippen MR) is 46.6 cm³/mol. The summed E-state index contributed by atoms with van der Waals surface area (Å²) < 4.78 is 0. The van der Waals surface area contributed by atoms with Crippen LogP contribution in [0.4, 0.5) is 0 Å². The minimum atomic E-state index is 0.155. The van der Waals surface area contributed by atoms with Gasteiger partial charge in [0.1, 0.15) is 5.78 Å². The summed E-state index contributed by atoms with van der Waals surface area (Å²) >= 11 is 4.07. The van der Waals surface area contributed by atoms with Gasteiger partial charge >= 0.3 is 0 Å². The molecule has 0 saturated carbocycles. The van der Waals surface area contributed by atoms with Crippen LogP contribution in [0.3, 0.4) is 0 Å². The van der Waals surface area contributed by atoms with E-state index in [9.17, 15) is 4.79 Å². The van der Waals surface area contributed by atoms with E-state index < -0.39 is 0 Å². The van der Waals surface area contributed by atoms with E-state index in [-0.39, 0.29) is 11.7 Å². The second-order valence-corrected chi connectivity index (χ2v) is 2.82. The van der Waals surface area contributed by atoms with Gasteiger partial charge in [-0.15, -0.1) is 0 Å². The van der Waals surface area contributed by atoms with Crippen molar-refractivity contribution in [3.8, 4) is 0 Å². The largest absolute Gasteiger partial charge is 0.319 e. The molecule has 0 aromatic heterocycles. The molecule has 3 heteroatoms. The Kier molecular flexibility index (Phi) is 5.73. The fourth-order valence-electron chi connectivity index (χ4n) is 0.851. The van der Waals surface area contributed by atoms with E-state index in [2.05, 4.69) is 17.9 Å². The van der Waals surface area contributed by atoms with Crippen LogP contribution in [-0.2, 0) is 4.79 Å². The Morgan fingerprint density at radius 2 is 2.30 bits per heavy atom. The molecule has 0 fully saturated rings. The highest BCUT2D eigenvalue weighted by Crippen LogP contribution is 2.03. The fraction of sp³-hybridized carbons (Fsp3) is 0.857. The topological polar surface area (TPSA) is 29.1 Å². The van der Waals surface area contributed by atoms with Crippen LogP contribution in [0, 0.1) is 5.92 Å². The number of hydrogen-bond acceptors (Lipinski definition) is 3. The van der Waals surface area contributed by atoms with E-state index in [1.807, 2.05) is 7.05 Å². The van der Waals surface area contributed by atoms with Gasteiger partial charge in [-0.05, 0) is 26.1 Å². The predicted octanol–water partition coefficient (Wildman–Crippen LogP) is 0.731. The Hall–Kier alpha value is -0.0200. The van der Waals surface area contributed by atoms with Gasteiger partial charge in [-0.2, -0.15) is 12.6 Å². The van der Waals surface area contributed by atoms with Crippen LogP contribution in [0.5, 0.6) is 0 Å². The smallest absolute Gasteiger partial charge is 0.134 e. The van der Waals surface area contributed by atoms with Crippen molar-refractivity contribution in [2.24, 2.45) is 5.92 Å². The van der Waals surface area contributed by atoms with Crippen LogP contribution >= 0.6 is 12.6 Å². The molecule has 0 aliphatic heterocycles. The molecule has 1 unspecified atom stereocenters. The summed E-state index contributed by atoms with van der Waals surface area (Å²) in [6, 6.07) is 0. The summed E-state index contributed by atoms with van der Waals surface area (Å²) in [5, 5.41) is 2.98. The Balaban J connectivity index is 3.61. The zero-order valence-corrected chi connectivity index (χ0v) is 7.45. The average Bonchev–Trinajstić information content (AvgIpc) is 1.87. The van der Waals surface area contributed by atoms with Crippen molar-refractivity contribution in [2.75, 3.05) is 19.3 Å². The normalized spacial score (nSPS) is 13.1. The van der Waals surface area contributed by atoms with Crippen LogP contribution < -0.4 is 5.32 Å². The third-order valence-electron chi connectivity index (χ3n) is 1.50. The summed E-state index contributed by atoms with van der Waals surface area (Å²) in [5.74, 6) is 1.19. The number of nitrogens with one attached hydrogen (secondary N) is 1. The molecular formula is C7H15NOS. The lowest BCUT2D eigenvalue weighted by Crippen LogP contribution is -2.24. The van der Waals surface area contributed by atoms with E-state index in [4.69, 9.17) is 0 Å². The van der Waals surface area contributed by atoms with Gasteiger partial charge < -0.3 is 5.32 Å². The Morgan fingerprint density at radius 1 is 1.70 bits per heavy atom. The van der Waals surface area contributed by atoms with Gasteiger partial charge in [0.05, 0.1) is 0 Å². The lowest BCUT2D eigenvalue weighted by atomic mass is 10.0. The van der Waals surface area contributed by atoms with Crippen LogP contribution in [0.1, 0.15) is 13.3 Å². The van der Waals surface area contributed by atoms with Crippen molar-refractivity contribution < 1.29 is 4.79 Å². The van der Waals surface area contributed by atoms with E-state index in [1.54, 1.807) is 6.92 Å². The van der Waals surface area contributed by atoms with Crippen molar-refractivity contribution in [1.82, 2.24) is 5.32 Å². The van der Waals surface area contributed by atoms with Crippen LogP contribution in [0.15, 0.2) is 0 Å². The summed E-state index contributed by atoms with van der Waals surface area (Å²) in [6.45, 7) is 2.40. The zero-order chi connectivity index (χ0) is 7.98. The molecule has 0 saturated heterocycles.